The molecule has 0 heterocycles. The average molecular weight is 291 g/mol. The molecular formula is C12H25N3O3S. The fourth-order valence-electron chi connectivity index (χ4n) is 2.41. The summed E-state index contributed by atoms with van der Waals surface area (Å²) >= 11 is 0. The third-order valence-electron chi connectivity index (χ3n) is 3.59. The molecule has 112 valence electrons. The lowest BCUT2D eigenvalue weighted by Gasteiger charge is -2.26. The lowest BCUT2D eigenvalue weighted by atomic mass is 9.81. The van der Waals surface area contributed by atoms with Crippen molar-refractivity contribution in [1.29, 1.82) is 0 Å². The van der Waals surface area contributed by atoms with Gasteiger partial charge < -0.3 is 11.1 Å². The number of rotatable bonds is 7. The maximum Gasteiger partial charge on any atom is 0.223 e. The third-order valence-corrected chi connectivity index (χ3v) is 5.06. The summed E-state index contributed by atoms with van der Waals surface area (Å²) in [6, 6.07) is 0. The highest BCUT2D eigenvalue weighted by Gasteiger charge is 2.25. The van der Waals surface area contributed by atoms with Crippen LogP contribution in [0, 0.1) is 11.8 Å². The smallest absolute Gasteiger partial charge is 0.223 e. The molecule has 7 heteroatoms. The zero-order valence-corrected chi connectivity index (χ0v) is 12.3. The SMILES string of the molecule is CCNS(=O)(=O)CCNC(=O)C1CCC(CN)CC1. The molecule has 0 aliphatic heterocycles. The van der Waals surface area contributed by atoms with Crippen molar-refractivity contribution in [1.82, 2.24) is 10.0 Å². The zero-order chi connectivity index (χ0) is 14.3. The Bertz CT molecular complexity index is 376. The Labute approximate surface area is 115 Å². The Morgan fingerprint density at radius 3 is 2.42 bits per heavy atom. The van der Waals surface area contributed by atoms with E-state index in [1.54, 1.807) is 6.92 Å². The van der Waals surface area contributed by atoms with Crippen LogP contribution in [0.25, 0.3) is 0 Å². The minimum absolute atomic E-state index is 0.0182. The third kappa shape index (κ3) is 5.88. The van der Waals surface area contributed by atoms with Gasteiger partial charge >= 0.3 is 0 Å². The number of carbonyl (C=O) groups is 1. The van der Waals surface area contributed by atoms with Gasteiger partial charge in [0.1, 0.15) is 0 Å². The maximum atomic E-state index is 11.9. The monoisotopic (exact) mass is 291 g/mol. The molecule has 0 saturated heterocycles. The van der Waals surface area contributed by atoms with Crippen molar-refractivity contribution in [2.45, 2.75) is 32.6 Å². The van der Waals surface area contributed by atoms with Gasteiger partial charge in [0.15, 0.2) is 0 Å². The molecule has 19 heavy (non-hydrogen) atoms. The van der Waals surface area contributed by atoms with Crippen LogP contribution in [0.5, 0.6) is 0 Å². The molecule has 0 unspecified atom stereocenters. The Morgan fingerprint density at radius 1 is 1.26 bits per heavy atom. The van der Waals surface area contributed by atoms with Gasteiger partial charge in [-0.05, 0) is 38.1 Å². The van der Waals surface area contributed by atoms with Crippen molar-refractivity contribution in [2.75, 3.05) is 25.4 Å². The number of nitrogens with two attached hydrogens (primary N) is 1. The highest BCUT2D eigenvalue weighted by atomic mass is 32.2. The standard InChI is InChI=1S/C12H25N3O3S/c1-2-15-19(17,18)8-7-14-12(16)11-5-3-10(9-13)4-6-11/h10-11,15H,2-9,13H2,1H3,(H,14,16). The van der Waals surface area contributed by atoms with Gasteiger partial charge in [0, 0.05) is 19.0 Å². The van der Waals surface area contributed by atoms with Crippen LogP contribution in [0.2, 0.25) is 0 Å². The van der Waals surface area contributed by atoms with E-state index in [2.05, 4.69) is 10.0 Å². The summed E-state index contributed by atoms with van der Waals surface area (Å²) in [4.78, 5) is 11.9. The molecule has 0 aromatic heterocycles. The van der Waals surface area contributed by atoms with E-state index in [0.29, 0.717) is 19.0 Å². The molecule has 1 aliphatic carbocycles. The minimum Gasteiger partial charge on any atom is -0.355 e. The van der Waals surface area contributed by atoms with Crippen LogP contribution in [0.15, 0.2) is 0 Å². The van der Waals surface area contributed by atoms with E-state index in [0.717, 1.165) is 25.7 Å². The van der Waals surface area contributed by atoms with Crippen LogP contribution < -0.4 is 15.8 Å². The molecule has 0 atom stereocenters. The highest BCUT2D eigenvalue weighted by Crippen LogP contribution is 2.27. The van der Waals surface area contributed by atoms with Crippen molar-refractivity contribution in [3.63, 3.8) is 0 Å². The van der Waals surface area contributed by atoms with Crippen LogP contribution >= 0.6 is 0 Å². The molecule has 1 saturated carbocycles. The second kappa shape index (κ2) is 7.81. The van der Waals surface area contributed by atoms with Crippen molar-refractivity contribution < 1.29 is 13.2 Å². The van der Waals surface area contributed by atoms with Crippen LogP contribution in [0.3, 0.4) is 0 Å². The second-order valence-electron chi connectivity index (χ2n) is 5.06. The maximum absolute atomic E-state index is 11.9. The number of hydrogen-bond donors (Lipinski definition) is 3. The predicted molar refractivity (Wildman–Crippen MR) is 75.0 cm³/mol. The van der Waals surface area contributed by atoms with E-state index in [-0.39, 0.29) is 24.1 Å². The van der Waals surface area contributed by atoms with Gasteiger partial charge in [-0.3, -0.25) is 4.79 Å². The second-order valence-corrected chi connectivity index (χ2v) is 6.99. The minimum atomic E-state index is -3.25. The van der Waals surface area contributed by atoms with E-state index in [9.17, 15) is 13.2 Å². The summed E-state index contributed by atoms with van der Waals surface area (Å²) in [5.41, 5.74) is 5.61. The molecule has 4 N–H and O–H groups in total. The van der Waals surface area contributed by atoms with Gasteiger partial charge in [0.05, 0.1) is 5.75 Å². The normalized spacial score (nSPS) is 24.1. The molecule has 6 nitrogen and oxygen atoms in total. The lowest BCUT2D eigenvalue weighted by molar-refractivity contribution is -0.126. The molecule has 0 bridgehead atoms. The van der Waals surface area contributed by atoms with Crippen molar-refractivity contribution in [2.24, 2.45) is 17.6 Å². The summed E-state index contributed by atoms with van der Waals surface area (Å²) in [6.45, 7) is 2.96. The van der Waals surface area contributed by atoms with E-state index < -0.39 is 10.0 Å². The molecule has 1 amide bonds. The first-order chi connectivity index (χ1) is 8.98. The number of hydrogen-bond acceptors (Lipinski definition) is 4. The first kappa shape index (κ1) is 16.4. The van der Waals surface area contributed by atoms with Gasteiger partial charge in [-0.15, -0.1) is 0 Å². The number of sulfonamides is 1. The van der Waals surface area contributed by atoms with Crippen molar-refractivity contribution in [3.8, 4) is 0 Å². The quantitative estimate of drug-likeness (QED) is 0.605. The first-order valence-electron chi connectivity index (χ1n) is 6.93. The van der Waals surface area contributed by atoms with Crippen molar-refractivity contribution in [3.05, 3.63) is 0 Å². The zero-order valence-electron chi connectivity index (χ0n) is 11.5. The first-order valence-corrected chi connectivity index (χ1v) is 8.58. The van der Waals surface area contributed by atoms with Crippen LogP contribution in [-0.4, -0.2) is 39.7 Å². The van der Waals surface area contributed by atoms with Gasteiger partial charge in [-0.25, -0.2) is 13.1 Å². The average Bonchev–Trinajstić information content (AvgIpc) is 2.38. The Hall–Kier alpha value is -0.660. The number of nitrogens with one attached hydrogen (secondary N) is 2. The van der Waals surface area contributed by atoms with E-state index in [1.807, 2.05) is 0 Å². The fraction of sp³-hybridized carbons (Fsp3) is 0.917. The van der Waals surface area contributed by atoms with Crippen LogP contribution in [-0.2, 0) is 14.8 Å². The molecule has 0 aromatic rings. The van der Waals surface area contributed by atoms with E-state index in [1.165, 1.54) is 0 Å². The molecule has 0 spiro atoms. The van der Waals surface area contributed by atoms with Gasteiger partial charge in [0.25, 0.3) is 0 Å². The summed E-state index contributed by atoms with van der Waals surface area (Å²) in [7, 11) is -3.25. The summed E-state index contributed by atoms with van der Waals surface area (Å²) in [5, 5.41) is 2.71. The molecule has 1 aliphatic rings. The van der Waals surface area contributed by atoms with E-state index in [4.69, 9.17) is 5.73 Å². The number of amides is 1. The Morgan fingerprint density at radius 2 is 1.89 bits per heavy atom. The van der Waals surface area contributed by atoms with Crippen LogP contribution in [0.4, 0.5) is 0 Å². The van der Waals surface area contributed by atoms with Crippen molar-refractivity contribution >= 4 is 15.9 Å². The topological polar surface area (TPSA) is 101 Å². The van der Waals surface area contributed by atoms with E-state index >= 15 is 0 Å². The molecular weight excluding hydrogens is 266 g/mol. The van der Waals surface area contributed by atoms with Crippen LogP contribution in [0.1, 0.15) is 32.6 Å². The van der Waals surface area contributed by atoms with Gasteiger partial charge in [0.2, 0.25) is 15.9 Å². The summed E-state index contributed by atoms with van der Waals surface area (Å²) < 4.78 is 25.2. The Kier molecular flexibility index (Phi) is 6.74. The molecule has 1 rings (SSSR count). The lowest BCUT2D eigenvalue weighted by Crippen LogP contribution is -2.38. The largest absolute Gasteiger partial charge is 0.355 e. The molecule has 0 aromatic carbocycles. The fourth-order valence-corrected chi connectivity index (χ4v) is 3.36. The highest BCUT2D eigenvalue weighted by molar-refractivity contribution is 7.89. The summed E-state index contributed by atoms with van der Waals surface area (Å²) in [6.07, 6.45) is 3.69. The summed E-state index contributed by atoms with van der Waals surface area (Å²) in [5.74, 6) is 0.468. The molecule has 1 fully saturated rings. The van der Waals surface area contributed by atoms with Gasteiger partial charge in [-0.1, -0.05) is 6.92 Å². The van der Waals surface area contributed by atoms with Gasteiger partial charge in [-0.2, -0.15) is 0 Å². The Balaban J connectivity index is 2.25. The number of carbonyl (C=O) groups excluding carboxylic acids is 1. The molecule has 0 radical (unpaired) electrons. The predicted octanol–water partition coefficient (Wildman–Crippen LogP) is -0.193.